The van der Waals surface area contributed by atoms with Crippen molar-refractivity contribution in [3.8, 4) is 0 Å². The Kier molecular flexibility index (Phi) is 2.72. The van der Waals surface area contributed by atoms with Crippen molar-refractivity contribution < 1.29 is 0 Å². The first-order chi connectivity index (χ1) is 7.66. The number of nitrogens with two attached hydrogens (primary N) is 1. The Morgan fingerprint density at radius 2 is 2.00 bits per heavy atom. The van der Waals surface area contributed by atoms with E-state index in [-0.39, 0.29) is 5.56 Å². The van der Waals surface area contributed by atoms with Crippen molar-refractivity contribution in [2.24, 2.45) is 0 Å². The average Bonchev–Trinajstić information content (AvgIpc) is 2.27. The maximum absolute atomic E-state index is 11.2. The van der Waals surface area contributed by atoms with Gasteiger partial charge in [0.15, 0.2) is 0 Å². The SMILES string of the molecule is Cc1nc(Cc2ccccc2)c(N)[nH]c1=O. The van der Waals surface area contributed by atoms with Gasteiger partial charge in [-0.2, -0.15) is 0 Å². The second kappa shape index (κ2) is 4.18. The van der Waals surface area contributed by atoms with E-state index < -0.39 is 0 Å². The third-order valence-corrected chi connectivity index (χ3v) is 2.40. The van der Waals surface area contributed by atoms with Gasteiger partial charge in [0, 0.05) is 6.42 Å². The van der Waals surface area contributed by atoms with Gasteiger partial charge in [0.25, 0.3) is 5.56 Å². The number of nitrogens with one attached hydrogen (secondary N) is 1. The third-order valence-electron chi connectivity index (χ3n) is 2.40. The van der Waals surface area contributed by atoms with Crippen LogP contribution in [0.5, 0.6) is 0 Å². The zero-order valence-corrected chi connectivity index (χ0v) is 9.03. The van der Waals surface area contributed by atoms with Crippen molar-refractivity contribution in [2.45, 2.75) is 13.3 Å². The van der Waals surface area contributed by atoms with Crippen LogP contribution in [0.2, 0.25) is 0 Å². The number of nitrogens with zero attached hydrogens (tertiary/aromatic N) is 1. The fourth-order valence-corrected chi connectivity index (χ4v) is 1.52. The molecule has 2 rings (SSSR count). The van der Waals surface area contributed by atoms with Gasteiger partial charge in [0.05, 0.1) is 5.69 Å². The van der Waals surface area contributed by atoms with Crippen molar-refractivity contribution in [3.63, 3.8) is 0 Å². The van der Waals surface area contributed by atoms with Crippen LogP contribution in [0.15, 0.2) is 35.1 Å². The first-order valence-corrected chi connectivity index (χ1v) is 5.06. The van der Waals surface area contributed by atoms with Crippen molar-refractivity contribution in [3.05, 3.63) is 57.6 Å². The number of H-pyrrole nitrogens is 1. The van der Waals surface area contributed by atoms with Gasteiger partial charge < -0.3 is 10.7 Å². The molecule has 82 valence electrons. The van der Waals surface area contributed by atoms with Crippen LogP contribution in [-0.2, 0) is 6.42 Å². The summed E-state index contributed by atoms with van der Waals surface area (Å²) in [4.78, 5) is 18.0. The van der Waals surface area contributed by atoms with E-state index in [0.29, 0.717) is 23.6 Å². The van der Waals surface area contributed by atoms with Crippen molar-refractivity contribution in [1.82, 2.24) is 9.97 Å². The second-order valence-electron chi connectivity index (χ2n) is 3.67. The molecule has 1 aromatic carbocycles. The van der Waals surface area contributed by atoms with Gasteiger partial charge in [-0.15, -0.1) is 0 Å². The van der Waals surface area contributed by atoms with Gasteiger partial charge in [-0.1, -0.05) is 30.3 Å². The zero-order chi connectivity index (χ0) is 11.5. The fraction of sp³-hybridized carbons (Fsp3) is 0.167. The van der Waals surface area contributed by atoms with Crippen LogP contribution in [0.25, 0.3) is 0 Å². The minimum atomic E-state index is -0.227. The summed E-state index contributed by atoms with van der Waals surface area (Å²) in [6.45, 7) is 1.67. The van der Waals surface area contributed by atoms with Gasteiger partial charge in [0.1, 0.15) is 11.5 Å². The molecule has 0 unspecified atom stereocenters. The summed E-state index contributed by atoms with van der Waals surface area (Å²) in [5, 5.41) is 0. The highest BCUT2D eigenvalue weighted by molar-refractivity contribution is 5.37. The Labute approximate surface area is 93.2 Å². The van der Waals surface area contributed by atoms with Gasteiger partial charge in [-0.25, -0.2) is 4.98 Å². The highest BCUT2D eigenvalue weighted by Gasteiger charge is 2.05. The molecule has 0 radical (unpaired) electrons. The minimum absolute atomic E-state index is 0.227. The standard InChI is InChI=1S/C12H13N3O/c1-8-12(16)15-11(13)10(14-8)7-9-5-3-2-4-6-9/h2-6H,7H2,1H3,(H3,13,15,16). The molecule has 0 atom stereocenters. The Bertz CT molecular complexity index is 546. The smallest absolute Gasteiger partial charge is 0.270 e. The zero-order valence-electron chi connectivity index (χ0n) is 9.03. The summed E-state index contributed by atoms with van der Waals surface area (Å²) in [5.74, 6) is 0.347. The third kappa shape index (κ3) is 2.11. The molecule has 1 heterocycles. The number of aromatic amines is 1. The summed E-state index contributed by atoms with van der Waals surface area (Å²) >= 11 is 0. The molecule has 16 heavy (non-hydrogen) atoms. The topological polar surface area (TPSA) is 71.8 Å². The monoisotopic (exact) mass is 215 g/mol. The number of anilines is 1. The minimum Gasteiger partial charge on any atom is -0.384 e. The Morgan fingerprint density at radius 1 is 1.31 bits per heavy atom. The lowest BCUT2D eigenvalue weighted by atomic mass is 10.1. The Hall–Kier alpha value is -2.10. The molecule has 0 saturated carbocycles. The summed E-state index contributed by atoms with van der Waals surface area (Å²) in [6, 6.07) is 9.88. The predicted molar refractivity (Wildman–Crippen MR) is 63.3 cm³/mol. The first-order valence-electron chi connectivity index (χ1n) is 5.06. The number of nitrogen functional groups attached to an aromatic ring is 1. The van der Waals surface area contributed by atoms with Crippen LogP contribution in [0.1, 0.15) is 17.0 Å². The summed E-state index contributed by atoms with van der Waals surface area (Å²) < 4.78 is 0. The summed E-state index contributed by atoms with van der Waals surface area (Å²) in [5.41, 5.74) is 7.77. The van der Waals surface area contributed by atoms with Crippen LogP contribution in [0.4, 0.5) is 5.82 Å². The molecule has 4 heteroatoms. The quantitative estimate of drug-likeness (QED) is 0.792. The van der Waals surface area contributed by atoms with Crippen molar-refractivity contribution in [2.75, 3.05) is 5.73 Å². The lowest BCUT2D eigenvalue weighted by Gasteiger charge is -2.05. The van der Waals surface area contributed by atoms with Crippen LogP contribution in [0, 0.1) is 6.92 Å². The molecule has 2 aromatic rings. The van der Waals surface area contributed by atoms with E-state index in [9.17, 15) is 4.79 Å². The van der Waals surface area contributed by atoms with E-state index in [1.165, 1.54) is 0 Å². The predicted octanol–water partition coefficient (Wildman–Crippen LogP) is 1.25. The van der Waals surface area contributed by atoms with E-state index in [0.717, 1.165) is 5.56 Å². The molecule has 0 aliphatic heterocycles. The van der Waals surface area contributed by atoms with Crippen molar-refractivity contribution >= 4 is 5.82 Å². The van der Waals surface area contributed by atoms with Gasteiger partial charge in [-0.05, 0) is 12.5 Å². The molecular formula is C12H13N3O. The maximum atomic E-state index is 11.2. The van der Waals surface area contributed by atoms with Gasteiger partial charge in [0.2, 0.25) is 0 Å². The summed E-state index contributed by atoms with van der Waals surface area (Å²) in [6.07, 6.45) is 0.629. The highest BCUT2D eigenvalue weighted by atomic mass is 16.1. The number of benzene rings is 1. The van der Waals surface area contributed by atoms with E-state index in [4.69, 9.17) is 5.73 Å². The number of aromatic nitrogens is 2. The van der Waals surface area contributed by atoms with Gasteiger partial charge in [-0.3, -0.25) is 4.79 Å². The van der Waals surface area contributed by atoms with Crippen LogP contribution < -0.4 is 11.3 Å². The molecule has 0 aliphatic rings. The number of aryl methyl sites for hydroxylation is 1. The molecule has 0 fully saturated rings. The lowest BCUT2D eigenvalue weighted by molar-refractivity contribution is 0.975. The molecule has 0 bridgehead atoms. The second-order valence-corrected chi connectivity index (χ2v) is 3.67. The molecule has 0 saturated heterocycles. The van der Waals surface area contributed by atoms with Crippen LogP contribution >= 0.6 is 0 Å². The molecule has 0 amide bonds. The Balaban J connectivity index is 2.36. The molecule has 1 aromatic heterocycles. The number of rotatable bonds is 2. The molecular weight excluding hydrogens is 202 g/mol. The number of hydrogen-bond donors (Lipinski definition) is 2. The Morgan fingerprint density at radius 3 is 2.69 bits per heavy atom. The molecule has 3 N–H and O–H groups in total. The van der Waals surface area contributed by atoms with E-state index in [1.54, 1.807) is 6.92 Å². The number of hydrogen-bond acceptors (Lipinski definition) is 3. The van der Waals surface area contributed by atoms with Crippen LogP contribution in [0.3, 0.4) is 0 Å². The summed E-state index contributed by atoms with van der Waals surface area (Å²) in [7, 11) is 0. The normalized spacial score (nSPS) is 10.3. The molecule has 0 aliphatic carbocycles. The molecule has 4 nitrogen and oxygen atoms in total. The largest absolute Gasteiger partial charge is 0.384 e. The van der Waals surface area contributed by atoms with E-state index in [2.05, 4.69) is 9.97 Å². The van der Waals surface area contributed by atoms with Crippen LogP contribution in [-0.4, -0.2) is 9.97 Å². The first kappa shape index (κ1) is 10.4. The molecule has 0 spiro atoms. The van der Waals surface area contributed by atoms with E-state index in [1.807, 2.05) is 30.3 Å². The van der Waals surface area contributed by atoms with Gasteiger partial charge >= 0.3 is 0 Å². The van der Waals surface area contributed by atoms with Crippen molar-refractivity contribution in [1.29, 1.82) is 0 Å². The average molecular weight is 215 g/mol. The highest BCUT2D eigenvalue weighted by Crippen LogP contribution is 2.10. The van der Waals surface area contributed by atoms with E-state index >= 15 is 0 Å². The fourth-order valence-electron chi connectivity index (χ4n) is 1.52. The maximum Gasteiger partial charge on any atom is 0.270 e. The lowest BCUT2D eigenvalue weighted by Crippen LogP contribution is -2.17.